The van der Waals surface area contributed by atoms with Crippen molar-refractivity contribution < 1.29 is 17.2 Å². The van der Waals surface area contributed by atoms with Gasteiger partial charge in [-0.25, -0.2) is 17.2 Å². The molecule has 3 aromatic rings. The zero-order valence-corrected chi connectivity index (χ0v) is 15.9. The van der Waals surface area contributed by atoms with Crippen LogP contribution in [0.4, 0.5) is 14.5 Å². The first-order valence-electron chi connectivity index (χ1n) is 8.75. The monoisotopic (exact) mass is 400 g/mol. The lowest BCUT2D eigenvalue weighted by atomic mass is 10.1. The number of fused-ring (bicyclic) bond motifs is 1. The Morgan fingerprint density at radius 1 is 0.964 bits per heavy atom. The van der Waals surface area contributed by atoms with Crippen molar-refractivity contribution in [1.82, 2.24) is 4.31 Å². The van der Waals surface area contributed by atoms with Crippen molar-refractivity contribution in [2.75, 3.05) is 5.32 Å². The highest BCUT2D eigenvalue weighted by Gasteiger charge is 2.39. The Morgan fingerprint density at radius 3 is 2.43 bits per heavy atom. The molecule has 1 unspecified atom stereocenters. The van der Waals surface area contributed by atoms with Crippen molar-refractivity contribution in [3.05, 3.63) is 95.1 Å². The van der Waals surface area contributed by atoms with Crippen LogP contribution in [0.1, 0.15) is 22.9 Å². The lowest BCUT2D eigenvalue weighted by molar-refractivity contribution is 0.334. The molecule has 1 heterocycles. The molecule has 0 aromatic heterocycles. The van der Waals surface area contributed by atoms with Gasteiger partial charge in [-0.3, -0.25) is 0 Å². The van der Waals surface area contributed by atoms with Gasteiger partial charge in [0.1, 0.15) is 11.1 Å². The van der Waals surface area contributed by atoms with Gasteiger partial charge in [0.25, 0.3) is 0 Å². The molecule has 0 bridgehead atoms. The second-order valence-corrected chi connectivity index (χ2v) is 8.55. The third-order valence-electron chi connectivity index (χ3n) is 4.90. The molecule has 0 fully saturated rings. The van der Waals surface area contributed by atoms with E-state index in [4.69, 9.17) is 0 Å². The number of nitrogens with one attached hydrogen (secondary N) is 1. The van der Waals surface area contributed by atoms with E-state index in [-0.39, 0.29) is 11.4 Å². The number of para-hydroxylation sites is 1. The smallest absolute Gasteiger partial charge is 0.247 e. The van der Waals surface area contributed by atoms with E-state index < -0.39 is 27.8 Å². The van der Waals surface area contributed by atoms with Gasteiger partial charge in [0.2, 0.25) is 10.0 Å². The summed E-state index contributed by atoms with van der Waals surface area (Å²) in [6.07, 6.45) is -0.866. The standard InChI is InChI=1S/C21H18F2N2O2S/c1-14-6-2-3-7-16(14)13-25-21(15-10-11-17(22)18(23)12-15)24-19-8-4-5-9-20(19)28(25,26)27/h2-12,21,24H,13H2,1H3. The molecule has 1 aliphatic rings. The van der Waals surface area contributed by atoms with E-state index in [1.54, 1.807) is 18.2 Å². The first-order valence-corrected chi connectivity index (χ1v) is 10.2. The van der Waals surface area contributed by atoms with E-state index >= 15 is 0 Å². The minimum absolute atomic E-state index is 0.0972. The molecular formula is C21H18F2N2O2S. The maximum absolute atomic E-state index is 13.9. The van der Waals surface area contributed by atoms with E-state index in [0.29, 0.717) is 11.3 Å². The fraction of sp³-hybridized carbons (Fsp3) is 0.143. The average molecular weight is 400 g/mol. The molecule has 0 spiro atoms. The first-order chi connectivity index (χ1) is 13.4. The number of aryl methyl sites for hydroxylation is 1. The molecule has 7 heteroatoms. The van der Waals surface area contributed by atoms with Crippen molar-refractivity contribution in [3.8, 4) is 0 Å². The van der Waals surface area contributed by atoms with Crippen LogP contribution in [0.2, 0.25) is 0 Å². The summed E-state index contributed by atoms with van der Waals surface area (Å²) in [5.41, 5.74) is 2.53. The number of halogens is 2. The SMILES string of the molecule is Cc1ccccc1CN1C(c2ccc(F)c(F)c2)Nc2ccccc2S1(=O)=O. The highest BCUT2D eigenvalue weighted by molar-refractivity contribution is 7.89. The van der Waals surface area contributed by atoms with Crippen LogP contribution in [0.25, 0.3) is 0 Å². The van der Waals surface area contributed by atoms with Gasteiger partial charge >= 0.3 is 0 Å². The normalized spacial score (nSPS) is 18.3. The van der Waals surface area contributed by atoms with Crippen LogP contribution >= 0.6 is 0 Å². The molecule has 0 radical (unpaired) electrons. The lowest BCUT2D eigenvalue weighted by Crippen LogP contribution is -2.42. The Bertz CT molecular complexity index is 1150. The molecule has 4 rings (SSSR count). The summed E-state index contributed by atoms with van der Waals surface area (Å²) in [6, 6.07) is 17.5. The van der Waals surface area contributed by atoms with Gasteiger partial charge in [-0.1, -0.05) is 42.5 Å². The second kappa shape index (κ2) is 7.00. The van der Waals surface area contributed by atoms with Crippen molar-refractivity contribution in [3.63, 3.8) is 0 Å². The van der Waals surface area contributed by atoms with Gasteiger partial charge in [-0.05, 0) is 47.9 Å². The molecule has 0 saturated heterocycles. The van der Waals surface area contributed by atoms with Crippen LogP contribution in [0.5, 0.6) is 0 Å². The van der Waals surface area contributed by atoms with Gasteiger partial charge in [-0.15, -0.1) is 0 Å². The third kappa shape index (κ3) is 3.16. The van der Waals surface area contributed by atoms with Crippen LogP contribution in [-0.2, 0) is 16.6 Å². The second-order valence-electron chi connectivity index (χ2n) is 6.69. The molecule has 1 aliphatic heterocycles. The molecule has 3 aromatic carbocycles. The largest absolute Gasteiger partial charge is 0.364 e. The highest BCUT2D eigenvalue weighted by atomic mass is 32.2. The van der Waals surface area contributed by atoms with E-state index in [2.05, 4.69) is 5.32 Å². The molecule has 144 valence electrons. The molecule has 0 amide bonds. The maximum atomic E-state index is 13.9. The summed E-state index contributed by atoms with van der Waals surface area (Å²) in [4.78, 5) is 0.155. The van der Waals surface area contributed by atoms with Gasteiger partial charge in [0, 0.05) is 6.54 Å². The van der Waals surface area contributed by atoms with Crippen molar-refractivity contribution in [2.45, 2.75) is 24.5 Å². The zero-order chi connectivity index (χ0) is 19.9. The summed E-state index contributed by atoms with van der Waals surface area (Å²) in [5.74, 6) is -2.00. The van der Waals surface area contributed by atoms with Gasteiger partial charge in [0.05, 0.1) is 5.69 Å². The maximum Gasteiger partial charge on any atom is 0.247 e. The third-order valence-corrected chi connectivity index (χ3v) is 6.77. The van der Waals surface area contributed by atoms with Gasteiger partial charge in [-0.2, -0.15) is 4.31 Å². The summed E-state index contributed by atoms with van der Waals surface area (Å²) < 4.78 is 55.3. The van der Waals surface area contributed by atoms with Gasteiger partial charge < -0.3 is 5.32 Å². The zero-order valence-electron chi connectivity index (χ0n) is 15.1. The Labute approximate surface area is 162 Å². The fourth-order valence-electron chi connectivity index (χ4n) is 3.36. The Kier molecular flexibility index (Phi) is 4.64. The average Bonchev–Trinajstić information content (AvgIpc) is 2.67. The first kappa shape index (κ1) is 18.6. The summed E-state index contributed by atoms with van der Waals surface area (Å²) in [5, 5.41) is 3.16. The van der Waals surface area contributed by atoms with Gasteiger partial charge in [0.15, 0.2) is 11.6 Å². The number of sulfonamides is 1. The Hall–Kier alpha value is -2.77. The number of benzene rings is 3. The van der Waals surface area contributed by atoms with E-state index in [1.807, 2.05) is 31.2 Å². The molecular weight excluding hydrogens is 382 g/mol. The highest BCUT2D eigenvalue weighted by Crippen LogP contribution is 2.39. The minimum atomic E-state index is -3.86. The fourth-order valence-corrected chi connectivity index (χ4v) is 5.03. The predicted molar refractivity (Wildman–Crippen MR) is 103 cm³/mol. The van der Waals surface area contributed by atoms with E-state index in [9.17, 15) is 17.2 Å². The summed E-state index contributed by atoms with van der Waals surface area (Å²) in [7, 11) is -3.86. The van der Waals surface area contributed by atoms with E-state index in [1.165, 1.54) is 16.4 Å². The molecule has 28 heavy (non-hydrogen) atoms. The Morgan fingerprint density at radius 2 is 1.68 bits per heavy atom. The van der Waals surface area contributed by atoms with Crippen LogP contribution in [0.15, 0.2) is 71.6 Å². The molecule has 1 N–H and O–H groups in total. The van der Waals surface area contributed by atoms with Crippen molar-refractivity contribution in [1.29, 1.82) is 0 Å². The summed E-state index contributed by atoms with van der Waals surface area (Å²) >= 11 is 0. The van der Waals surface area contributed by atoms with Crippen LogP contribution in [0, 0.1) is 18.6 Å². The minimum Gasteiger partial charge on any atom is -0.364 e. The Balaban J connectivity index is 1.86. The van der Waals surface area contributed by atoms with Crippen LogP contribution in [-0.4, -0.2) is 12.7 Å². The topological polar surface area (TPSA) is 49.4 Å². The molecule has 0 aliphatic carbocycles. The quantitative estimate of drug-likeness (QED) is 0.700. The number of hydrogen-bond donors (Lipinski definition) is 1. The summed E-state index contributed by atoms with van der Waals surface area (Å²) in [6.45, 7) is 2.00. The predicted octanol–water partition coefficient (Wildman–Crippen LogP) is 4.59. The number of nitrogens with zero attached hydrogens (tertiary/aromatic N) is 1. The van der Waals surface area contributed by atoms with Crippen LogP contribution < -0.4 is 5.32 Å². The van der Waals surface area contributed by atoms with Crippen molar-refractivity contribution in [2.24, 2.45) is 0 Å². The molecule has 0 saturated carbocycles. The van der Waals surface area contributed by atoms with Crippen molar-refractivity contribution >= 4 is 15.7 Å². The lowest BCUT2D eigenvalue weighted by Gasteiger charge is -2.37. The van der Waals surface area contributed by atoms with Crippen LogP contribution in [0.3, 0.4) is 0 Å². The van der Waals surface area contributed by atoms with E-state index in [0.717, 1.165) is 23.3 Å². The number of rotatable bonds is 3. The number of hydrogen-bond acceptors (Lipinski definition) is 3. The molecule has 1 atom stereocenters. The molecule has 4 nitrogen and oxygen atoms in total. The number of anilines is 1.